The molecule has 0 aliphatic rings. The Morgan fingerprint density at radius 3 is 1.09 bits per heavy atom. The van der Waals surface area contributed by atoms with Crippen LogP contribution in [0.5, 0.6) is 0 Å². The van der Waals surface area contributed by atoms with Crippen LogP contribution < -0.4 is 0 Å². The maximum absolute atomic E-state index is 13.4. The van der Waals surface area contributed by atoms with Crippen molar-refractivity contribution in [2.45, 2.75) is 59.8 Å². The molecule has 0 saturated heterocycles. The molecule has 206 valence electrons. The van der Waals surface area contributed by atoms with Crippen molar-refractivity contribution in [3.05, 3.63) is 0 Å². The standard InChI is InChI=1S/C12H7F19O3/c13-4(10(24,25)26,11(27,28)29)5(14,15)6(16,17)7(18,19)8(20,21)9(22,23)12(30,31)34-2-3(33)1-32/h3,32-33H,1-2H2. The molecule has 0 aromatic rings. The lowest BCUT2D eigenvalue weighted by molar-refractivity contribution is -0.484. The molecule has 34 heavy (non-hydrogen) atoms. The highest BCUT2D eigenvalue weighted by molar-refractivity contribution is 5.18. The second kappa shape index (κ2) is 8.59. The first-order chi connectivity index (χ1) is 14.5. The molecule has 0 aliphatic heterocycles. The van der Waals surface area contributed by atoms with Gasteiger partial charge in [0.05, 0.1) is 13.2 Å². The third-order valence-electron chi connectivity index (χ3n) is 3.82. The summed E-state index contributed by atoms with van der Waals surface area (Å²) in [5.74, 6) is -44.0. The number of hydrogen-bond donors (Lipinski definition) is 2. The van der Waals surface area contributed by atoms with E-state index in [1.54, 1.807) is 0 Å². The first-order valence-corrected chi connectivity index (χ1v) is 7.47. The zero-order valence-electron chi connectivity index (χ0n) is 15.0. The van der Waals surface area contributed by atoms with E-state index in [-0.39, 0.29) is 0 Å². The lowest BCUT2D eigenvalue weighted by Gasteiger charge is -2.44. The van der Waals surface area contributed by atoms with Crippen LogP contribution in [0.15, 0.2) is 0 Å². The zero-order valence-corrected chi connectivity index (χ0v) is 15.0. The van der Waals surface area contributed by atoms with Crippen LogP contribution in [0.3, 0.4) is 0 Å². The predicted molar refractivity (Wildman–Crippen MR) is 64.7 cm³/mol. The monoisotopic (exact) mass is 560 g/mol. The summed E-state index contributed by atoms with van der Waals surface area (Å²) in [7, 11) is 0. The van der Waals surface area contributed by atoms with Crippen molar-refractivity contribution in [2.24, 2.45) is 0 Å². The van der Waals surface area contributed by atoms with Gasteiger partial charge in [-0.2, -0.15) is 79.0 Å². The van der Waals surface area contributed by atoms with Crippen molar-refractivity contribution in [2.75, 3.05) is 13.2 Å². The summed E-state index contributed by atoms with van der Waals surface area (Å²) >= 11 is 0. The van der Waals surface area contributed by atoms with E-state index >= 15 is 0 Å². The van der Waals surface area contributed by atoms with Crippen molar-refractivity contribution >= 4 is 0 Å². The molecule has 0 fully saturated rings. The third kappa shape index (κ3) is 4.32. The van der Waals surface area contributed by atoms with Gasteiger partial charge in [-0.05, 0) is 0 Å². The van der Waals surface area contributed by atoms with Gasteiger partial charge in [0.2, 0.25) is 0 Å². The Morgan fingerprint density at radius 2 is 0.794 bits per heavy atom. The molecule has 0 heterocycles. The average Bonchev–Trinajstić information content (AvgIpc) is 2.62. The molecule has 0 spiro atoms. The molecule has 0 aliphatic carbocycles. The van der Waals surface area contributed by atoms with Gasteiger partial charge in [0.1, 0.15) is 6.10 Å². The molecular weight excluding hydrogens is 553 g/mol. The maximum atomic E-state index is 13.4. The molecule has 0 saturated carbocycles. The van der Waals surface area contributed by atoms with Gasteiger partial charge >= 0.3 is 53.7 Å². The topological polar surface area (TPSA) is 49.7 Å². The minimum absolute atomic E-state index is 1.67. The Bertz CT molecular complexity index is 694. The van der Waals surface area contributed by atoms with Crippen LogP contribution in [-0.4, -0.2) is 83.3 Å². The molecule has 1 atom stereocenters. The Kier molecular flexibility index (Phi) is 8.22. The van der Waals surface area contributed by atoms with Crippen LogP contribution in [0.2, 0.25) is 0 Å². The van der Waals surface area contributed by atoms with E-state index in [1.165, 1.54) is 0 Å². The molecule has 0 amide bonds. The molecule has 22 heteroatoms. The SMILES string of the molecule is OCC(O)COC(F)(F)C(F)(F)C(F)(F)C(F)(F)C(F)(F)C(F)(F)C(F)(C(F)(F)F)C(F)(F)F. The van der Waals surface area contributed by atoms with Crippen molar-refractivity contribution in [1.82, 2.24) is 0 Å². The van der Waals surface area contributed by atoms with Crippen molar-refractivity contribution in [1.29, 1.82) is 0 Å². The number of halogens is 19. The Hall–Kier alpha value is -1.45. The molecule has 3 nitrogen and oxygen atoms in total. The molecule has 2 N–H and O–H groups in total. The number of aliphatic hydroxyl groups excluding tert-OH is 2. The predicted octanol–water partition coefficient (Wildman–Crippen LogP) is 4.96. The van der Waals surface area contributed by atoms with Gasteiger partial charge in [0.15, 0.2) is 0 Å². The molecular formula is C12H7F19O3. The highest BCUT2D eigenvalue weighted by atomic mass is 19.4. The van der Waals surface area contributed by atoms with E-state index in [2.05, 4.69) is 4.74 Å². The first-order valence-electron chi connectivity index (χ1n) is 7.47. The van der Waals surface area contributed by atoms with E-state index in [0.29, 0.717) is 0 Å². The first kappa shape index (κ1) is 32.5. The fourth-order valence-corrected chi connectivity index (χ4v) is 1.85. The van der Waals surface area contributed by atoms with E-state index in [9.17, 15) is 83.4 Å². The number of alkyl halides is 19. The normalized spacial score (nSPS) is 17.2. The Morgan fingerprint density at radius 1 is 0.500 bits per heavy atom. The Labute approximate surface area is 173 Å². The number of rotatable bonds is 10. The molecule has 0 radical (unpaired) electrons. The summed E-state index contributed by atoms with van der Waals surface area (Å²) in [5.41, 5.74) is -8.80. The minimum Gasteiger partial charge on any atom is -0.394 e. The summed E-state index contributed by atoms with van der Waals surface area (Å²) in [6.07, 6.45) is -26.5. The summed E-state index contributed by atoms with van der Waals surface area (Å²) in [6.45, 7) is -4.05. The van der Waals surface area contributed by atoms with Crippen molar-refractivity contribution in [3.63, 3.8) is 0 Å². The highest BCUT2D eigenvalue weighted by Gasteiger charge is 2.98. The smallest absolute Gasteiger partial charge is 0.394 e. The van der Waals surface area contributed by atoms with Gasteiger partial charge in [0.25, 0.3) is 0 Å². The van der Waals surface area contributed by atoms with Crippen LogP contribution in [-0.2, 0) is 4.74 Å². The van der Waals surface area contributed by atoms with Gasteiger partial charge in [-0.25, -0.2) is 4.39 Å². The van der Waals surface area contributed by atoms with Crippen LogP contribution in [0, 0.1) is 0 Å². The number of aliphatic hydroxyl groups is 2. The number of hydrogen-bond acceptors (Lipinski definition) is 3. The van der Waals surface area contributed by atoms with E-state index in [4.69, 9.17) is 10.2 Å². The van der Waals surface area contributed by atoms with Crippen molar-refractivity contribution in [3.8, 4) is 0 Å². The molecule has 0 aromatic carbocycles. The van der Waals surface area contributed by atoms with Gasteiger partial charge in [-0.15, -0.1) is 0 Å². The molecule has 1 unspecified atom stereocenters. The van der Waals surface area contributed by atoms with Crippen LogP contribution in [0.4, 0.5) is 83.4 Å². The second-order valence-corrected chi connectivity index (χ2v) is 6.19. The molecule has 0 bridgehead atoms. The number of ether oxygens (including phenoxy) is 1. The summed E-state index contributed by atoms with van der Waals surface area (Å²) in [6, 6.07) is 0. The Balaban J connectivity index is 6.87. The van der Waals surface area contributed by atoms with E-state index < -0.39 is 73.1 Å². The van der Waals surface area contributed by atoms with Crippen molar-refractivity contribution < 1.29 is 98.4 Å². The fraction of sp³-hybridized carbons (Fsp3) is 1.00. The molecule has 0 rings (SSSR count). The lowest BCUT2D eigenvalue weighted by atomic mass is 9.84. The largest absolute Gasteiger partial charge is 0.438 e. The van der Waals surface area contributed by atoms with Gasteiger partial charge < -0.3 is 14.9 Å². The second-order valence-electron chi connectivity index (χ2n) is 6.19. The zero-order chi connectivity index (χ0) is 28.2. The molecule has 0 aromatic heterocycles. The lowest BCUT2D eigenvalue weighted by Crippen LogP contribution is -2.77. The van der Waals surface area contributed by atoms with Crippen LogP contribution >= 0.6 is 0 Å². The minimum atomic E-state index is -9.10. The summed E-state index contributed by atoms with van der Waals surface area (Å²) < 4.78 is 250. The summed E-state index contributed by atoms with van der Waals surface area (Å²) in [4.78, 5) is 0. The van der Waals surface area contributed by atoms with Gasteiger partial charge in [0, 0.05) is 0 Å². The fourth-order valence-electron chi connectivity index (χ4n) is 1.85. The quantitative estimate of drug-likeness (QED) is 0.372. The van der Waals surface area contributed by atoms with Crippen LogP contribution in [0.1, 0.15) is 0 Å². The maximum Gasteiger partial charge on any atom is 0.438 e. The van der Waals surface area contributed by atoms with Crippen LogP contribution in [0.25, 0.3) is 0 Å². The highest BCUT2D eigenvalue weighted by Crippen LogP contribution is 2.66. The summed E-state index contributed by atoms with van der Waals surface area (Å²) in [5, 5.41) is 16.8. The van der Waals surface area contributed by atoms with Gasteiger partial charge in [-0.3, -0.25) is 0 Å². The average molecular weight is 560 g/mol. The van der Waals surface area contributed by atoms with Gasteiger partial charge in [-0.1, -0.05) is 0 Å². The third-order valence-corrected chi connectivity index (χ3v) is 3.82. The van der Waals surface area contributed by atoms with E-state index in [1.807, 2.05) is 0 Å². The van der Waals surface area contributed by atoms with E-state index in [0.717, 1.165) is 0 Å².